The lowest BCUT2D eigenvalue weighted by Gasteiger charge is -2.46. The van der Waals surface area contributed by atoms with E-state index >= 15 is 0 Å². The van der Waals surface area contributed by atoms with Gasteiger partial charge in [-0.1, -0.05) is 0 Å². The zero-order valence-electron chi connectivity index (χ0n) is 13.8. The molecular formula is C14H25NO10. The predicted octanol–water partition coefficient (Wildman–Crippen LogP) is -4.23. The molecule has 10 atom stereocenters. The zero-order valence-corrected chi connectivity index (χ0v) is 13.8. The van der Waals surface area contributed by atoms with Crippen LogP contribution in [-0.4, -0.2) is 105 Å². The maximum absolute atomic E-state index is 11.4. The summed E-state index contributed by atoms with van der Waals surface area (Å²) in [6, 6.07) is -1.20. The van der Waals surface area contributed by atoms with Gasteiger partial charge in [-0.15, -0.1) is 0 Å². The van der Waals surface area contributed by atoms with Crippen molar-refractivity contribution in [2.24, 2.45) is 0 Å². The highest BCUT2D eigenvalue weighted by Crippen LogP contribution is 2.28. The third-order valence-corrected chi connectivity index (χ3v) is 4.34. The molecule has 1 amide bonds. The highest BCUT2D eigenvalue weighted by molar-refractivity contribution is 5.73. The Morgan fingerprint density at radius 1 is 1.04 bits per heavy atom. The zero-order chi connectivity index (χ0) is 18.9. The average Bonchev–Trinajstić information content (AvgIpc) is 2.55. The molecule has 0 radical (unpaired) electrons. The lowest BCUT2D eigenvalue weighted by atomic mass is 9.95. The molecule has 0 spiro atoms. The van der Waals surface area contributed by atoms with E-state index in [2.05, 4.69) is 5.32 Å². The van der Waals surface area contributed by atoms with E-state index in [1.807, 2.05) is 0 Å². The largest absolute Gasteiger partial charge is 0.394 e. The monoisotopic (exact) mass is 367 g/mol. The van der Waals surface area contributed by atoms with Gasteiger partial charge in [0.15, 0.2) is 12.6 Å². The van der Waals surface area contributed by atoms with Crippen LogP contribution in [0.4, 0.5) is 0 Å². The molecule has 0 aromatic carbocycles. The van der Waals surface area contributed by atoms with E-state index in [0.717, 1.165) is 0 Å². The number of nitrogens with one attached hydrogen (secondary N) is 1. The second kappa shape index (κ2) is 8.20. The minimum atomic E-state index is -1.63. The minimum Gasteiger partial charge on any atom is -0.394 e. The van der Waals surface area contributed by atoms with E-state index in [-0.39, 0.29) is 0 Å². The van der Waals surface area contributed by atoms with Crippen LogP contribution in [-0.2, 0) is 19.0 Å². The summed E-state index contributed by atoms with van der Waals surface area (Å²) in [4.78, 5) is 11.4. The molecule has 2 rings (SSSR count). The van der Waals surface area contributed by atoms with Crippen LogP contribution >= 0.6 is 0 Å². The molecule has 0 unspecified atom stereocenters. The summed E-state index contributed by atoms with van der Waals surface area (Å²) in [6.07, 6.45) is -12.3. The first-order valence-corrected chi connectivity index (χ1v) is 7.92. The maximum Gasteiger partial charge on any atom is 0.217 e. The third-order valence-electron chi connectivity index (χ3n) is 4.34. The molecule has 2 saturated heterocycles. The van der Waals surface area contributed by atoms with Crippen LogP contribution in [0.1, 0.15) is 13.8 Å². The van der Waals surface area contributed by atoms with Crippen molar-refractivity contribution in [1.29, 1.82) is 0 Å². The molecule has 25 heavy (non-hydrogen) atoms. The Hall–Kier alpha value is -0.890. The molecule has 7 N–H and O–H groups in total. The van der Waals surface area contributed by atoms with Gasteiger partial charge in [0.05, 0.1) is 12.7 Å². The van der Waals surface area contributed by atoms with Crippen molar-refractivity contribution in [2.45, 2.75) is 75.2 Å². The lowest BCUT2D eigenvalue weighted by Crippen LogP contribution is -2.67. The number of aliphatic hydroxyl groups is 6. The average molecular weight is 367 g/mol. The summed E-state index contributed by atoms with van der Waals surface area (Å²) in [5, 5.41) is 61.1. The summed E-state index contributed by atoms with van der Waals surface area (Å²) in [6.45, 7) is 2.05. The van der Waals surface area contributed by atoms with Gasteiger partial charge in [-0.05, 0) is 6.92 Å². The third kappa shape index (κ3) is 4.27. The van der Waals surface area contributed by atoms with Gasteiger partial charge in [-0.2, -0.15) is 0 Å². The van der Waals surface area contributed by atoms with Gasteiger partial charge >= 0.3 is 0 Å². The fourth-order valence-electron chi connectivity index (χ4n) is 2.95. The van der Waals surface area contributed by atoms with Gasteiger partial charge in [0, 0.05) is 6.92 Å². The summed E-state index contributed by atoms with van der Waals surface area (Å²) in [5.74, 6) is -0.528. The Bertz CT molecular complexity index is 465. The van der Waals surface area contributed by atoms with Crippen LogP contribution < -0.4 is 5.32 Å². The molecule has 2 fully saturated rings. The molecular weight excluding hydrogens is 342 g/mol. The lowest BCUT2D eigenvalue weighted by molar-refractivity contribution is -0.336. The van der Waals surface area contributed by atoms with Gasteiger partial charge < -0.3 is 50.2 Å². The van der Waals surface area contributed by atoms with Gasteiger partial charge in [-0.25, -0.2) is 0 Å². The Kier molecular flexibility index (Phi) is 6.70. The van der Waals surface area contributed by atoms with E-state index in [4.69, 9.17) is 14.2 Å². The first-order valence-electron chi connectivity index (χ1n) is 7.92. The molecule has 0 aromatic heterocycles. The Morgan fingerprint density at radius 2 is 1.68 bits per heavy atom. The number of amides is 1. The molecule has 2 aliphatic rings. The second-order valence-corrected chi connectivity index (χ2v) is 6.25. The predicted molar refractivity (Wildman–Crippen MR) is 78.8 cm³/mol. The molecule has 146 valence electrons. The van der Waals surface area contributed by atoms with E-state index in [1.54, 1.807) is 0 Å². The van der Waals surface area contributed by atoms with Crippen molar-refractivity contribution in [2.75, 3.05) is 6.61 Å². The molecule has 2 aliphatic heterocycles. The number of carbonyl (C=O) groups excluding carboxylic acids is 1. The number of aliphatic hydroxyl groups excluding tert-OH is 6. The highest BCUT2D eigenvalue weighted by atomic mass is 16.7. The first kappa shape index (κ1) is 20.4. The van der Waals surface area contributed by atoms with E-state index in [9.17, 15) is 35.4 Å². The molecule has 0 aromatic rings. The van der Waals surface area contributed by atoms with Crippen LogP contribution in [0.15, 0.2) is 0 Å². The van der Waals surface area contributed by atoms with Crippen molar-refractivity contribution >= 4 is 5.91 Å². The number of hydrogen-bond acceptors (Lipinski definition) is 10. The summed E-state index contributed by atoms with van der Waals surface area (Å²) in [5.41, 5.74) is 0. The van der Waals surface area contributed by atoms with E-state index < -0.39 is 73.9 Å². The van der Waals surface area contributed by atoms with Crippen molar-refractivity contribution in [1.82, 2.24) is 5.32 Å². The fraction of sp³-hybridized carbons (Fsp3) is 0.929. The Labute approximate surface area is 143 Å². The number of hydrogen-bond donors (Lipinski definition) is 7. The Balaban J connectivity index is 2.19. The van der Waals surface area contributed by atoms with Crippen LogP contribution in [0.25, 0.3) is 0 Å². The highest BCUT2D eigenvalue weighted by Gasteiger charge is 2.49. The van der Waals surface area contributed by atoms with Crippen molar-refractivity contribution < 1.29 is 49.6 Å². The molecule has 11 heteroatoms. The van der Waals surface area contributed by atoms with Crippen LogP contribution in [0.2, 0.25) is 0 Å². The van der Waals surface area contributed by atoms with Crippen molar-refractivity contribution in [3.05, 3.63) is 0 Å². The number of rotatable bonds is 4. The van der Waals surface area contributed by atoms with E-state index in [1.165, 1.54) is 13.8 Å². The smallest absolute Gasteiger partial charge is 0.217 e. The van der Waals surface area contributed by atoms with Gasteiger partial charge in [0.1, 0.15) is 42.7 Å². The van der Waals surface area contributed by atoms with Gasteiger partial charge in [-0.3, -0.25) is 4.79 Å². The summed E-state index contributed by atoms with van der Waals surface area (Å²) >= 11 is 0. The van der Waals surface area contributed by atoms with Gasteiger partial charge in [0.2, 0.25) is 5.91 Å². The molecule has 11 nitrogen and oxygen atoms in total. The minimum absolute atomic E-state index is 0.528. The topological polar surface area (TPSA) is 178 Å². The molecule has 0 bridgehead atoms. The molecule has 2 heterocycles. The molecule has 0 saturated carbocycles. The summed E-state index contributed by atoms with van der Waals surface area (Å²) in [7, 11) is 0. The normalized spacial score (nSPS) is 48.2. The SMILES string of the molecule is CC(=O)N[C@@H]1[C@H](O[C@@H]2[C@@H](O)[C@@H](O)[C@H](O)O[C@H]2C)O[C@H](CO)[C@@H](O)[C@@H]1O. The first-order chi connectivity index (χ1) is 11.7. The van der Waals surface area contributed by atoms with Crippen LogP contribution in [0, 0.1) is 0 Å². The standard InChI is InChI=1S/C14H25NO10/c1-4-12(10(20)11(21)13(22)23-4)25-14-7(15-5(2)17)9(19)8(18)6(3-16)24-14/h4,6-14,16,18-22H,3H2,1-2H3,(H,15,17)/t4-,6+,7-,8+,9+,10-,11+,12-,13+,14-/m0/s1. The Morgan fingerprint density at radius 3 is 2.24 bits per heavy atom. The van der Waals surface area contributed by atoms with Crippen LogP contribution in [0.5, 0.6) is 0 Å². The fourth-order valence-corrected chi connectivity index (χ4v) is 2.95. The maximum atomic E-state index is 11.4. The molecule has 0 aliphatic carbocycles. The van der Waals surface area contributed by atoms with E-state index in [0.29, 0.717) is 0 Å². The number of ether oxygens (including phenoxy) is 3. The second-order valence-electron chi connectivity index (χ2n) is 6.25. The van der Waals surface area contributed by atoms with Gasteiger partial charge in [0.25, 0.3) is 0 Å². The summed E-state index contributed by atoms with van der Waals surface area (Å²) < 4.78 is 16.0. The quantitative estimate of drug-likeness (QED) is 0.257. The van der Waals surface area contributed by atoms with Crippen LogP contribution in [0.3, 0.4) is 0 Å². The van der Waals surface area contributed by atoms with Crippen molar-refractivity contribution in [3.8, 4) is 0 Å². The van der Waals surface area contributed by atoms with Crippen molar-refractivity contribution in [3.63, 3.8) is 0 Å². The number of carbonyl (C=O) groups is 1.